The molecule has 0 bridgehead atoms. The van der Waals surface area contributed by atoms with Gasteiger partial charge in [0.1, 0.15) is 0 Å². The fourth-order valence-electron chi connectivity index (χ4n) is 2.05. The van der Waals surface area contributed by atoms with Crippen molar-refractivity contribution in [1.82, 2.24) is 5.32 Å². The molecule has 0 spiro atoms. The SMILES string of the molecule is CCOc1ccc(NC(=NC)NCCCC(C)C)cc1OC.I. The summed E-state index contributed by atoms with van der Waals surface area (Å²) in [5.41, 5.74) is 0.914. The van der Waals surface area contributed by atoms with Gasteiger partial charge in [-0.25, -0.2) is 0 Å². The minimum absolute atomic E-state index is 0. The van der Waals surface area contributed by atoms with Crippen molar-refractivity contribution >= 4 is 35.6 Å². The van der Waals surface area contributed by atoms with Crippen LogP contribution in [0.2, 0.25) is 0 Å². The van der Waals surface area contributed by atoms with Gasteiger partial charge in [0, 0.05) is 25.3 Å². The highest BCUT2D eigenvalue weighted by molar-refractivity contribution is 14.0. The molecule has 0 heterocycles. The first-order chi connectivity index (χ1) is 10.6. The van der Waals surface area contributed by atoms with E-state index < -0.39 is 0 Å². The highest BCUT2D eigenvalue weighted by Crippen LogP contribution is 2.30. The van der Waals surface area contributed by atoms with E-state index >= 15 is 0 Å². The summed E-state index contributed by atoms with van der Waals surface area (Å²) < 4.78 is 10.9. The zero-order valence-corrected chi connectivity index (χ0v) is 17.1. The largest absolute Gasteiger partial charge is 0.493 e. The van der Waals surface area contributed by atoms with Crippen LogP contribution in [-0.2, 0) is 0 Å². The lowest BCUT2D eigenvalue weighted by Gasteiger charge is -2.15. The second-order valence-corrected chi connectivity index (χ2v) is 5.46. The molecule has 0 aliphatic heterocycles. The number of anilines is 1. The Morgan fingerprint density at radius 3 is 2.57 bits per heavy atom. The lowest BCUT2D eigenvalue weighted by atomic mass is 10.1. The standard InChI is InChI=1S/C17H29N3O2.HI/c1-6-22-15-10-9-14(12-16(15)21-5)20-17(18-4)19-11-7-8-13(2)3;/h9-10,12-13H,6-8,11H2,1-5H3,(H2,18,19,20);1H. The molecule has 0 aliphatic rings. The van der Waals surface area contributed by atoms with E-state index in [2.05, 4.69) is 29.5 Å². The van der Waals surface area contributed by atoms with Crippen molar-refractivity contribution < 1.29 is 9.47 Å². The molecule has 6 heteroatoms. The maximum atomic E-state index is 5.52. The van der Waals surface area contributed by atoms with Gasteiger partial charge in [0.2, 0.25) is 0 Å². The summed E-state index contributed by atoms with van der Waals surface area (Å²) in [6, 6.07) is 5.76. The van der Waals surface area contributed by atoms with Gasteiger partial charge >= 0.3 is 0 Å². The van der Waals surface area contributed by atoms with E-state index in [0.717, 1.165) is 36.3 Å². The smallest absolute Gasteiger partial charge is 0.195 e. The predicted molar refractivity (Wildman–Crippen MR) is 109 cm³/mol. The van der Waals surface area contributed by atoms with E-state index in [4.69, 9.17) is 9.47 Å². The van der Waals surface area contributed by atoms with Crippen LogP contribution < -0.4 is 20.1 Å². The first kappa shape index (κ1) is 21.8. The second-order valence-electron chi connectivity index (χ2n) is 5.46. The first-order valence-corrected chi connectivity index (χ1v) is 7.89. The van der Waals surface area contributed by atoms with Crippen LogP contribution in [0.15, 0.2) is 23.2 Å². The highest BCUT2D eigenvalue weighted by Gasteiger charge is 2.06. The molecule has 23 heavy (non-hydrogen) atoms. The number of hydrogen-bond acceptors (Lipinski definition) is 3. The van der Waals surface area contributed by atoms with Crippen LogP contribution in [-0.4, -0.2) is 33.3 Å². The van der Waals surface area contributed by atoms with Gasteiger partial charge < -0.3 is 20.1 Å². The Hall–Kier alpha value is -1.18. The number of nitrogens with zero attached hydrogens (tertiary/aromatic N) is 1. The molecule has 0 saturated carbocycles. The zero-order chi connectivity index (χ0) is 16.4. The molecule has 1 aromatic carbocycles. The second kappa shape index (κ2) is 12.3. The van der Waals surface area contributed by atoms with Gasteiger partial charge in [-0.15, -0.1) is 24.0 Å². The highest BCUT2D eigenvalue weighted by atomic mass is 127. The van der Waals surface area contributed by atoms with Crippen LogP contribution in [0, 0.1) is 5.92 Å². The Morgan fingerprint density at radius 1 is 1.26 bits per heavy atom. The van der Waals surface area contributed by atoms with Crippen LogP contribution in [0.1, 0.15) is 33.6 Å². The first-order valence-electron chi connectivity index (χ1n) is 7.89. The number of aliphatic imine (C=N–C) groups is 1. The van der Waals surface area contributed by atoms with Crippen molar-refractivity contribution in [1.29, 1.82) is 0 Å². The molecule has 0 atom stereocenters. The Morgan fingerprint density at radius 2 is 2.00 bits per heavy atom. The van der Waals surface area contributed by atoms with Gasteiger partial charge in [-0.2, -0.15) is 0 Å². The molecule has 0 amide bonds. The molecule has 0 saturated heterocycles. The number of methoxy groups -OCH3 is 1. The predicted octanol–water partition coefficient (Wildman–Crippen LogP) is 4.14. The monoisotopic (exact) mass is 435 g/mol. The average Bonchev–Trinajstić information content (AvgIpc) is 2.51. The molecule has 0 aliphatic carbocycles. The molecule has 5 nitrogen and oxygen atoms in total. The van der Waals surface area contributed by atoms with Crippen LogP contribution >= 0.6 is 24.0 Å². The van der Waals surface area contributed by atoms with Crippen LogP contribution in [0.4, 0.5) is 5.69 Å². The third kappa shape index (κ3) is 8.29. The van der Waals surface area contributed by atoms with Crippen LogP contribution in [0.3, 0.4) is 0 Å². The van der Waals surface area contributed by atoms with E-state index in [1.165, 1.54) is 6.42 Å². The van der Waals surface area contributed by atoms with Crippen molar-refractivity contribution in [2.24, 2.45) is 10.9 Å². The molecule has 132 valence electrons. The zero-order valence-electron chi connectivity index (χ0n) is 14.8. The molecule has 0 radical (unpaired) electrons. The number of nitrogens with one attached hydrogen (secondary N) is 2. The molecule has 0 unspecified atom stereocenters. The Labute approximate surface area is 157 Å². The number of benzene rings is 1. The summed E-state index contributed by atoms with van der Waals surface area (Å²) in [7, 11) is 3.41. The Bertz CT molecular complexity index is 479. The van der Waals surface area contributed by atoms with Gasteiger partial charge in [-0.1, -0.05) is 13.8 Å². The summed E-state index contributed by atoms with van der Waals surface area (Å²) >= 11 is 0. The Kier molecular flexibility index (Phi) is 11.6. The normalized spacial score (nSPS) is 11.0. The van der Waals surface area contributed by atoms with Crippen LogP contribution in [0.5, 0.6) is 11.5 Å². The summed E-state index contributed by atoms with van der Waals surface area (Å²) in [5.74, 6) is 2.94. The van der Waals surface area contributed by atoms with E-state index in [-0.39, 0.29) is 24.0 Å². The molecular weight excluding hydrogens is 405 g/mol. The van der Waals surface area contributed by atoms with Crippen molar-refractivity contribution in [3.05, 3.63) is 18.2 Å². The van der Waals surface area contributed by atoms with Crippen LogP contribution in [0.25, 0.3) is 0 Å². The third-order valence-electron chi connectivity index (χ3n) is 3.20. The van der Waals surface area contributed by atoms with Gasteiger partial charge in [-0.05, 0) is 37.8 Å². The van der Waals surface area contributed by atoms with Crippen molar-refractivity contribution in [2.75, 3.05) is 32.6 Å². The number of ether oxygens (including phenoxy) is 2. The topological polar surface area (TPSA) is 54.9 Å². The summed E-state index contributed by atoms with van der Waals surface area (Å²) in [4.78, 5) is 4.24. The molecule has 2 N–H and O–H groups in total. The maximum absolute atomic E-state index is 5.52. The summed E-state index contributed by atoms with van der Waals surface area (Å²) in [6.45, 7) is 7.95. The molecule has 1 rings (SSSR count). The van der Waals surface area contributed by atoms with Crippen molar-refractivity contribution in [3.8, 4) is 11.5 Å². The number of halogens is 1. The van der Waals surface area contributed by atoms with Gasteiger partial charge in [0.15, 0.2) is 17.5 Å². The van der Waals surface area contributed by atoms with E-state index in [0.29, 0.717) is 12.4 Å². The maximum Gasteiger partial charge on any atom is 0.195 e. The summed E-state index contributed by atoms with van der Waals surface area (Å²) in [5, 5.41) is 6.58. The fourth-order valence-corrected chi connectivity index (χ4v) is 2.05. The van der Waals surface area contributed by atoms with Crippen molar-refractivity contribution in [2.45, 2.75) is 33.6 Å². The lowest BCUT2D eigenvalue weighted by Crippen LogP contribution is -2.31. The van der Waals surface area contributed by atoms with Gasteiger partial charge in [0.05, 0.1) is 13.7 Å². The number of rotatable bonds is 8. The average molecular weight is 435 g/mol. The molecule has 1 aromatic rings. The summed E-state index contributed by atoms with van der Waals surface area (Å²) in [6.07, 6.45) is 2.34. The van der Waals surface area contributed by atoms with Gasteiger partial charge in [-0.3, -0.25) is 4.99 Å². The van der Waals surface area contributed by atoms with E-state index in [1.54, 1.807) is 14.2 Å². The van der Waals surface area contributed by atoms with Crippen molar-refractivity contribution in [3.63, 3.8) is 0 Å². The minimum atomic E-state index is 0. The third-order valence-corrected chi connectivity index (χ3v) is 3.20. The number of hydrogen-bond donors (Lipinski definition) is 2. The molecular formula is C17H30IN3O2. The number of guanidine groups is 1. The Balaban J connectivity index is 0.00000484. The minimum Gasteiger partial charge on any atom is -0.493 e. The molecule has 0 fully saturated rings. The quantitative estimate of drug-likeness (QED) is 0.279. The van der Waals surface area contributed by atoms with Gasteiger partial charge in [0.25, 0.3) is 0 Å². The van der Waals surface area contributed by atoms with E-state index in [1.807, 2.05) is 25.1 Å². The fraction of sp³-hybridized carbons (Fsp3) is 0.588. The molecule has 0 aromatic heterocycles. The van der Waals surface area contributed by atoms with E-state index in [9.17, 15) is 0 Å². The lowest BCUT2D eigenvalue weighted by molar-refractivity contribution is 0.311.